The van der Waals surface area contributed by atoms with Gasteiger partial charge < -0.3 is 0 Å². The molecule has 1 unspecified atom stereocenters. The van der Waals surface area contributed by atoms with Crippen molar-refractivity contribution in [3.63, 3.8) is 0 Å². The van der Waals surface area contributed by atoms with Crippen LogP contribution in [0.2, 0.25) is 0 Å². The van der Waals surface area contributed by atoms with Gasteiger partial charge in [-0.3, -0.25) is 9.59 Å². The van der Waals surface area contributed by atoms with Gasteiger partial charge in [0, 0.05) is 11.1 Å². The zero-order valence-electron chi connectivity index (χ0n) is 15.3. The fraction of sp³-hybridized carbons (Fsp3) is 0.120. The van der Waals surface area contributed by atoms with Crippen molar-refractivity contribution in [2.75, 3.05) is 0 Å². The second kappa shape index (κ2) is 8.91. The van der Waals surface area contributed by atoms with Gasteiger partial charge in [0.15, 0.2) is 11.6 Å². The lowest BCUT2D eigenvalue weighted by Crippen LogP contribution is -2.24. The molecule has 0 amide bonds. The number of rotatable bonds is 7. The molecule has 3 aromatic rings. The van der Waals surface area contributed by atoms with Crippen LogP contribution < -0.4 is 0 Å². The molecule has 3 rings (SSSR count). The monoisotopic (exact) mass is 354 g/mol. The number of hydrogen-bond acceptors (Lipinski definition) is 2. The highest BCUT2D eigenvalue weighted by Gasteiger charge is 2.28. The first-order chi connectivity index (χ1) is 13.2. The molecule has 2 heteroatoms. The fourth-order valence-corrected chi connectivity index (χ4v) is 3.08. The third-order valence-corrected chi connectivity index (χ3v) is 4.58. The van der Waals surface area contributed by atoms with Crippen LogP contribution >= 0.6 is 0 Å². The Balaban J connectivity index is 1.89. The minimum atomic E-state index is -0.728. The van der Waals surface area contributed by atoms with Gasteiger partial charge in [-0.1, -0.05) is 97.1 Å². The molecule has 0 saturated heterocycles. The number of allylic oxidation sites excluding steroid dienone is 1. The van der Waals surface area contributed by atoms with Crippen LogP contribution in [0.1, 0.15) is 38.3 Å². The van der Waals surface area contributed by atoms with E-state index < -0.39 is 5.92 Å². The van der Waals surface area contributed by atoms with Gasteiger partial charge in [-0.2, -0.15) is 0 Å². The third kappa shape index (κ3) is 4.68. The predicted molar refractivity (Wildman–Crippen MR) is 110 cm³/mol. The molecule has 0 bridgehead atoms. The molecule has 1 atom stereocenters. The molecule has 3 aromatic carbocycles. The lowest BCUT2D eigenvalue weighted by Gasteiger charge is -2.15. The maximum absolute atomic E-state index is 13.2. The molecule has 0 aliphatic heterocycles. The van der Waals surface area contributed by atoms with E-state index in [9.17, 15) is 9.59 Å². The lowest BCUT2D eigenvalue weighted by molar-refractivity contribution is 0.0808. The third-order valence-electron chi connectivity index (χ3n) is 4.58. The van der Waals surface area contributed by atoms with Gasteiger partial charge >= 0.3 is 0 Å². The first kappa shape index (κ1) is 18.5. The summed E-state index contributed by atoms with van der Waals surface area (Å²) < 4.78 is 0. The smallest absolute Gasteiger partial charge is 0.174 e. The number of aryl methyl sites for hydroxylation is 1. The van der Waals surface area contributed by atoms with Gasteiger partial charge in [-0.15, -0.1) is 0 Å². The molecule has 0 radical (unpaired) electrons. The molecule has 27 heavy (non-hydrogen) atoms. The normalized spacial score (nSPS) is 12.0. The maximum atomic E-state index is 13.2. The molecule has 2 nitrogen and oxygen atoms in total. The van der Waals surface area contributed by atoms with Crippen LogP contribution in [0.15, 0.2) is 91.0 Å². The largest absolute Gasteiger partial charge is 0.293 e. The fourth-order valence-electron chi connectivity index (χ4n) is 3.08. The van der Waals surface area contributed by atoms with Crippen molar-refractivity contribution in [1.29, 1.82) is 0 Å². The van der Waals surface area contributed by atoms with Crippen molar-refractivity contribution >= 4 is 17.6 Å². The summed E-state index contributed by atoms with van der Waals surface area (Å²) in [5, 5.41) is 0. The van der Waals surface area contributed by atoms with E-state index in [-0.39, 0.29) is 11.6 Å². The van der Waals surface area contributed by atoms with Crippen LogP contribution in [0.25, 0.3) is 6.08 Å². The second-order valence-electron chi connectivity index (χ2n) is 6.51. The van der Waals surface area contributed by atoms with Crippen LogP contribution in [0, 0.1) is 12.8 Å². The Morgan fingerprint density at radius 1 is 0.778 bits per heavy atom. The molecule has 0 saturated carbocycles. The molecule has 0 fully saturated rings. The molecule has 134 valence electrons. The Labute approximate surface area is 160 Å². The van der Waals surface area contributed by atoms with Crippen LogP contribution in [0.5, 0.6) is 0 Å². The summed E-state index contributed by atoms with van der Waals surface area (Å²) >= 11 is 0. The maximum Gasteiger partial charge on any atom is 0.174 e. The van der Waals surface area contributed by atoms with E-state index in [1.807, 2.05) is 85.8 Å². The van der Waals surface area contributed by atoms with Crippen LogP contribution in [-0.4, -0.2) is 11.6 Å². The summed E-state index contributed by atoms with van der Waals surface area (Å²) in [6, 6.07) is 26.3. The second-order valence-corrected chi connectivity index (χ2v) is 6.51. The SMILES string of the molecule is Cc1ccccc1C(=O)C(C/C=C/c1ccccc1)C(=O)c1ccccc1. The zero-order valence-corrected chi connectivity index (χ0v) is 15.3. The van der Waals surface area contributed by atoms with Gasteiger partial charge in [0.05, 0.1) is 5.92 Å². The molecule has 0 aromatic heterocycles. The summed E-state index contributed by atoms with van der Waals surface area (Å²) in [5.41, 5.74) is 3.12. The predicted octanol–water partition coefficient (Wildman–Crippen LogP) is 5.78. The molecule has 0 aliphatic rings. The number of benzene rings is 3. The Kier molecular flexibility index (Phi) is 6.11. The van der Waals surface area contributed by atoms with Crippen molar-refractivity contribution in [2.24, 2.45) is 5.92 Å². The Morgan fingerprint density at radius 2 is 1.37 bits per heavy atom. The minimum Gasteiger partial charge on any atom is -0.293 e. The van der Waals surface area contributed by atoms with E-state index in [0.717, 1.165) is 11.1 Å². The average molecular weight is 354 g/mol. The van der Waals surface area contributed by atoms with Gasteiger partial charge in [0.1, 0.15) is 0 Å². The zero-order chi connectivity index (χ0) is 19.1. The van der Waals surface area contributed by atoms with Gasteiger partial charge in [0.2, 0.25) is 0 Å². The Bertz CT molecular complexity index is 940. The standard InChI is InChI=1S/C25H22O2/c1-19-11-8-9-17-22(19)25(27)23(24(26)21-15-6-3-7-16-21)18-10-14-20-12-4-2-5-13-20/h2-17,23H,18H2,1H3/b14-10+. The summed E-state index contributed by atoms with van der Waals surface area (Å²) in [6.45, 7) is 1.90. The van der Waals surface area contributed by atoms with E-state index in [0.29, 0.717) is 17.5 Å². The Morgan fingerprint density at radius 3 is 2.04 bits per heavy atom. The number of carbonyl (C=O) groups excluding carboxylic acids is 2. The van der Waals surface area contributed by atoms with Gasteiger partial charge in [-0.25, -0.2) is 0 Å². The lowest BCUT2D eigenvalue weighted by atomic mass is 9.86. The first-order valence-electron chi connectivity index (χ1n) is 9.07. The van der Waals surface area contributed by atoms with Crippen molar-refractivity contribution in [1.82, 2.24) is 0 Å². The van der Waals surface area contributed by atoms with Crippen LogP contribution in [0.3, 0.4) is 0 Å². The molecule has 0 spiro atoms. The van der Waals surface area contributed by atoms with Crippen molar-refractivity contribution in [3.05, 3.63) is 113 Å². The van der Waals surface area contributed by atoms with Gasteiger partial charge in [0.25, 0.3) is 0 Å². The number of hydrogen-bond donors (Lipinski definition) is 0. The van der Waals surface area contributed by atoms with Crippen LogP contribution in [0.4, 0.5) is 0 Å². The molecule has 0 heterocycles. The number of Topliss-reactive ketones (excluding diaryl/α,β-unsaturated/α-hetero) is 2. The highest BCUT2D eigenvalue weighted by molar-refractivity contribution is 6.16. The highest BCUT2D eigenvalue weighted by atomic mass is 16.2. The molecule has 0 aliphatic carbocycles. The van der Waals surface area contributed by atoms with E-state index >= 15 is 0 Å². The van der Waals surface area contributed by atoms with Crippen molar-refractivity contribution < 1.29 is 9.59 Å². The minimum absolute atomic E-state index is 0.125. The first-order valence-corrected chi connectivity index (χ1v) is 9.07. The van der Waals surface area contributed by atoms with Crippen molar-refractivity contribution in [2.45, 2.75) is 13.3 Å². The molecular formula is C25H22O2. The van der Waals surface area contributed by atoms with E-state index in [1.54, 1.807) is 18.2 Å². The van der Waals surface area contributed by atoms with E-state index in [4.69, 9.17) is 0 Å². The average Bonchev–Trinajstić information content (AvgIpc) is 2.72. The topological polar surface area (TPSA) is 34.1 Å². The van der Waals surface area contributed by atoms with Crippen LogP contribution in [-0.2, 0) is 0 Å². The number of carbonyl (C=O) groups is 2. The van der Waals surface area contributed by atoms with Gasteiger partial charge in [-0.05, 0) is 24.5 Å². The van der Waals surface area contributed by atoms with Crippen molar-refractivity contribution in [3.8, 4) is 0 Å². The molecule has 0 N–H and O–H groups in total. The summed E-state index contributed by atoms with van der Waals surface area (Å²) in [5.74, 6) is -0.991. The quantitative estimate of drug-likeness (QED) is 0.398. The summed E-state index contributed by atoms with van der Waals surface area (Å²) in [6.07, 6.45) is 4.24. The number of ketones is 2. The van der Waals surface area contributed by atoms with E-state index in [1.165, 1.54) is 0 Å². The summed E-state index contributed by atoms with van der Waals surface area (Å²) in [4.78, 5) is 26.2. The highest BCUT2D eigenvalue weighted by Crippen LogP contribution is 2.21. The van der Waals surface area contributed by atoms with E-state index in [2.05, 4.69) is 0 Å². The Hall–Kier alpha value is -3.26. The molecular weight excluding hydrogens is 332 g/mol. The summed E-state index contributed by atoms with van der Waals surface area (Å²) in [7, 11) is 0.